The van der Waals surface area contributed by atoms with Crippen molar-refractivity contribution in [2.24, 2.45) is 0 Å². The lowest BCUT2D eigenvalue weighted by molar-refractivity contribution is 0.0674. The van der Waals surface area contributed by atoms with E-state index >= 15 is 0 Å². The smallest absolute Gasteiger partial charge is 0.254 e. The van der Waals surface area contributed by atoms with Crippen molar-refractivity contribution in [2.75, 3.05) is 40.5 Å². The van der Waals surface area contributed by atoms with E-state index in [9.17, 15) is 4.79 Å². The van der Waals surface area contributed by atoms with Gasteiger partial charge in [0.2, 0.25) is 0 Å². The number of thiophene rings is 1. The van der Waals surface area contributed by atoms with E-state index in [2.05, 4.69) is 15.9 Å². The number of methoxy groups -OCH3 is 2. The maximum Gasteiger partial charge on any atom is 0.254 e. The molecule has 1 heterocycles. The Bertz CT molecular complexity index is 370. The number of amides is 1. The van der Waals surface area contributed by atoms with Crippen LogP contribution in [0.4, 0.5) is 0 Å². The molecule has 0 bridgehead atoms. The lowest BCUT2D eigenvalue weighted by Gasteiger charge is -2.21. The fourth-order valence-corrected chi connectivity index (χ4v) is 2.65. The van der Waals surface area contributed by atoms with Gasteiger partial charge in [-0.3, -0.25) is 4.79 Å². The lowest BCUT2D eigenvalue weighted by atomic mass is 10.2. The Hall–Kier alpha value is -0.430. The number of nitrogens with zero attached hydrogens (tertiary/aromatic N) is 1. The summed E-state index contributed by atoms with van der Waals surface area (Å²) in [5, 5.41) is 1.86. The molecule has 18 heavy (non-hydrogen) atoms. The summed E-state index contributed by atoms with van der Waals surface area (Å²) in [6.45, 7) is 2.49. The van der Waals surface area contributed by atoms with Crippen molar-refractivity contribution in [3.05, 3.63) is 20.8 Å². The molecule has 0 aromatic carbocycles. The maximum absolute atomic E-state index is 12.3. The van der Waals surface area contributed by atoms with Gasteiger partial charge in [-0.1, -0.05) is 0 Å². The van der Waals surface area contributed by atoms with Gasteiger partial charge in [-0.05, 0) is 28.4 Å². The third-order valence-corrected chi connectivity index (χ3v) is 3.95. The topological polar surface area (TPSA) is 38.8 Å². The predicted molar refractivity (Wildman–Crippen MR) is 76.3 cm³/mol. The monoisotopic (exact) mass is 335 g/mol. The van der Waals surface area contributed by atoms with Crippen LogP contribution in [0, 0.1) is 0 Å². The van der Waals surface area contributed by atoms with Gasteiger partial charge in [0.25, 0.3) is 5.91 Å². The Kier molecular flexibility index (Phi) is 7.50. The van der Waals surface area contributed by atoms with E-state index < -0.39 is 0 Å². The average molecular weight is 336 g/mol. The SMILES string of the molecule is COCCCN(CCOC)C(=O)c1csc(Br)c1. The first kappa shape index (κ1) is 15.6. The zero-order valence-corrected chi connectivity index (χ0v) is 13.1. The van der Waals surface area contributed by atoms with Crippen LogP contribution in [0.5, 0.6) is 0 Å². The highest BCUT2D eigenvalue weighted by atomic mass is 79.9. The molecule has 1 aromatic heterocycles. The molecule has 0 aliphatic rings. The summed E-state index contributed by atoms with van der Waals surface area (Å²) >= 11 is 4.88. The number of hydrogen-bond donors (Lipinski definition) is 0. The van der Waals surface area contributed by atoms with E-state index in [1.807, 2.05) is 11.4 Å². The van der Waals surface area contributed by atoms with Gasteiger partial charge in [-0.2, -0.15) is 0 Å². The molecule has 0 fully saturated rings. The van der Waals surface area contributed by atoms with Crippen LogP contribution in [-0.4, -0.2) is 51.3 Å². The Balaban J connectivity index is 2.59. The molecule has 0 atom stereocenters. The molecule has 0 unspecified atom stereocenters. The predicted octanol–water partition coefficient (Wildman–Crippen LogP) is 2.64. The minimum atomic E-state index is 0.0464. The molecular weight excluding hydrogens is 318 g/mol. The van der Waals surface area contributed by atoms with Crippen LogP contribution >= 0.6 is 27.3 Å². The third kappa shape index (κ3) is 5.06. The summed E-state index contributed by atoms with van der Waals surface area (Å²) in [5.74, 6) is 0.0464. The minimum Gasteiger partial charge on any atom is -0.385 e. The summed E-state index contributed by atoms with van der Waals surface area (Å²) in [6.07, 6.45) is 0.831. The van der Waals surface area contributed by atoms with E-state index in [1.165, 1.54) is 11.3 Å². The zero-order chi connectivity index (χ0) is 13.4. The summed E-state index contributed by atoms with van der Waals surface area (Å²) in [5.41, 5.74) is 0.723. The van der Waals surface area contributed by atoms with Gasteiger partial charge >= 0.3 is 0 Å². The summed E-state index contributed by atoms with van der Waals surface area (Å²) in [6, 6.07) is 1.85. The first-order valence-corrected chi connectivity index (χ1v) is 7.37. The van der Waals surface area contributed by atoms with Gasteiger partial charge < -0.3 is 14.4 Å². The van der Waals surface area contributed by atoms with Crippen LogP contribution in [0.25, 0.3) is 0 Å². The van der Waals surface area contributed by atoms with Crippen molar-refractivity contribution in [2.45, 2.75) is 6.42 Å². The molecule has 0 spiro atoms. The van der Waals surface area contributed by atoms with Crippen LogP contribution in [0.1, 0.15) is 16.8 Å². The molecule has 102 valence electrons. The van der Waals surface area contributed by atoms with Crippen LogP contribution in [0.2, 0.25) is 0 Å². The Morgan fingerprint density at radius 3 is 2.61 bits per heavy atom. The molecule has 0 N–H and O–H groups in total. The van der Waals surface area contributed by atoms with Crippen molar-refractivity contribution >= 4 is 33.2 Å². The first-order valence-electron chi connectivity index (χ1n) is 5.70. The van der Waals surface area contributed by atoms with Gasteiger partial charge in [0.1, 0.15) is 0 Å². The van der Waals surface area contributed by atoms with Gasteiger partial charge in [0, 0.05) is 39.3 Å². The van der Waals surface area contributed by atoms with E-state index in [0.717, 1.165) is 15.8 Å². The first-order chi connectivity index (χ1) is 8.69. The standard InChI is InChI=1S/C12H18BrNO3S/c1-16-6-3-4-14(5-7-17-2)12(15)10-8-11(13)18-9-10/h8-9H,3-7H2,1-2H3. The number of ether oxygens (including phenoxy) is 2. The molecule has 0 saturated heterocycles. The molecule has 0 aliphatic carbocycles. The minimum absolute atomic E-state index is 0.0464. The Morgan fingerprint density at radius 1 is 1.33 bits per heavy atom. The molecule has 6 heteroatoms. The fourth-order valence-electron chi connectivity index (χ4n) is 1.52. The Morgan fingerprint density at radius 2 is 2.06 bits per heavy atom. The largest absolute Gasteiger partial charge is 0.385 e. The van der Waals surface area contributed by atoms with Crippen LogP contribution in [-0.2, 0) is 9.47 Å². The zero-order valence-electron chi connectivity index (χ0n) is 10.6. The average Bonchev–Trinajstić information content (AvgIpc) is 2.79. The van der Waals surface area contributed by atoms with Crippen molar-refractivity contribution in [1.82, 2.24) is 4.90 Å². The normalized spacial score (nSPS) is 10.6. The molecule has 4 nitrogen and oxygen atoms in total. The number of carbonyl (C=O) groups excluding carboxylic acids is 1. The molecule has 0 radical (unpaired) electrons. The quantitative estimate of drug-likeness (QED) is 0.685. The van der Waals surface area contributed by atoms with Crippen LogP contribution in [0.15, 0.2) is 15.2 Å². The van der Waals surface area contributed by atoms with Gasteiger partial charge in [-0.15, -0.1) is 11.3 Å². The molecule has 1 amide bonds. The number of carbonyl (C=O) groups is 1. The van der Waals surface area contributed by atoms with Crippen molar-refractivity contribution < 1.29 is 14.3 Å². The second-order valence-electron chi connectivity index (χ2n) is 3.77. The molecule has 0 saturated carbocycles. The molecule has 1 rings (SSSR count). The van der Waals surface area contributed by atoms with E-state index in [0.29, 0.717) is 26.3 Å². The second-order valence-corrected chi connectivity index (χ2v) is 6.06. The summed E-state index contributed by atoms with van der Waals surface area (Å²) < 4.78 is 11.0. The molecule has 0 aliphatic heterocycles. The van der Waals surface area contributed by atoms with E-state index in [4.69, 9.17) is 9.47 Å². The highest BCUT2D eigenvalue weighted by Crippen LogP contribution is 2.21. The van der Waals surface area contributed by atoms with Gasteiger partial charge in [0.15, 0.2) is 0 Å². The van der Waals surface area contributed by atoms with Gasteiger partial charge in [-0.25, -0.2) is 0 Å². The highest BCUT2D eigenvalue weighted by Gasteiger charge is 2.16. The summed E-state index contributed by atoms with van der Waals surface area (Å²) in [7, 11) is 3.30. The van der Waals surface area contributed by atoms with Crippen LogP contribution in [0.3, 0.4) is 0 Å². The number of hydrogen-bond acceptors (Lipinski definition) is 4. The lowest BCUT2D eigenvalue weighted by Crippen LogP contribution is -2.35. The number of halogens is 1. The third-order valence-electron chi connectivity index (χ3n) is 2.44. The second kappa shape index (κ2) is 8.63. The number of rotatable bonds is 8. The van der Waals surface area contributed by atoms with Crippen molar-refractivity contribution in [3.8, 4) is 0 Å². The van der Waals surface area contributed by atoms with Gasteiger partial charge in [0.05, 0.1) is 16.0 Å². The highest BCUT2D eigenvalue weighted by molar-refractivity contribution is 9.11. The van der Waals surface area contributed by atoms with E-state index in [-0.39, 0.29) is 5.91 Å². The van der Waals surface area contributed by atoms with Crippen molar-refractivity contribution in [3.63, 3.8) is 0 Å². The Labute approximate surface area is 120 Å². The molecule has 1 aromatic rings. The molecular formula is C12H18BrNO3S. The van der Waals surface area contributed by atoms with Crippen molar-refractivity contribution in [1.29, 1.82) is 0 Å². The van der Waals surface area contributed by atoms with E-state index in [1.54, 1.807) is 19.1 Å². The maximum atomic E-state index is 12.3. The summed E-state index contributed by atoms with van der Waals surface area (Å²) in [4.78, 5) is 14.1. The fraction of sp³-hybridized carbons (Fsp3) is 0.583. The van der Waals surface area contributed by atoms with Crippen LogP contribution < -0.4 is 0 Å².